The van der Waals surface area contributed by atoms with Crippen LogP contribution in [-0.2, 0) is 16.0 Å². The first-order chi connectivity index (χ1) is 13.1. The number of nitrogens with zero attached hydrogens (tertiary/aromatic N) is 1. The van der Waals surface area contributed by atoms with Gasteiger partial charge in [-0.1, -0.05) is 30.3 Å². The number of rotatable bonds is 6. The van der Waals surface area contributed by atoms with Gasteiger partial charge in [-0.25, -0.2) is 9.59 Å². The highest BCUT2D eigenvalue weighted by molar-refractivity contribution is 5.97. The monoisotopic (exact) mass is 384 g/mol. The van der Waals surface area contributed by atoms with Crippen molar-refractivity contribution in [1.29, 1.82) is 0 Å². The Morgan fingerprint density at radius 2 is 1.61 bits per heavy atom. The van der Waals surface area contributed by atoms with Crippen LogP contribution < -0.4 is 10.6 Å². The quantitative estimate of drug-likeness (QED) is 0.794. The van der Waals surface area contributed by atoms with E-state index in [1.807, 2.05) is 6.07 Å². The predicted molar refractivity (Wildman–Crippen MR) is 105 cm³/mol. The molecule has 7 heteroatoms. The second-order valence-corrected chi connectivity index (χ2v) is 7.31. The van der Waals surface area contributed by atoms with Crippen molar-refractivity contribution in [3.8, 4) is 0 Å². The number of amides is 2. The summed E-state index contributed by atoms with van der Waals surface area (Å²) in [7, 11) is 0. The number of carbonyl (C=O) groups is 3. The summed E-state index contributed by atoms with van der Waals surface area (Å²) in [6.07, 6.45) is -0.699. The van der Waals surface area contributed by atoms with Gasteiger partial charge in [0.2, 0.25) is 5.91 Å². The van der Waals surface area contributed by atoms with Gasteiger partial charge in [0.25, 0.3) is 0 Å². The summed E-state index contributed by atoms with van der Waals surface area (Å²) >= 11 is 0. The van der Waals surface area contributed by atoms with Gasteiger partial charge in [-0.2, -0.15) is 0 Å². The molecule has 148 valence electrons. The van der Waals surface area contributed by atoms with Crippen LogP contribution >= 0.6 is 0 Å². The van der Waals surface area contributed by atoms with Gasteiger partial charge in [-0.15, -0.1) is 0 Å². The second kappa shape index (κ2) is 8.56. The third kappa shape index (κ3) is 5.57. The molecule has 0 aliphatic rings. The molecule has 0 aliphatic heterocycles. The van der Waals surface area contributed by atoms with Crippen molar-refractivity contribution >= 4 is 23.7 Å². The molecule has 28 heavy (non-hydrogen) atoms. The number of hydrogen-bond acceptors (Lipinski definition) is 4. The van der Waals surface area contributed by atoms with Crippen molar-refractivity contribution < 1.29 is 24.2 Å². The Morgan fingerprint density at radius 1 is 1.04 bits per heavy atom. The number of benzene rings is 2. The average molecular weight is 384 g/mol. The summed E-state index contributed by atoms with van der Waals surface area (Å²) in [5, 5.41) is 9.83. The number of carboxylic acid groups (broad SMARTS) is 1. The molecule has 2 aromatic carbocycles. The van der Waals surface area contributed by atoms with Gasteiger partial charge >= 0.3 is 12.1 Å². The number of ether oxygens (including phenoxy) is 1. The molecule has 0 radical (unpaired) electrons. The largest absolute Gasteiger partial charge is 0.480 e. The van der Waals surface area contributed by atoms with Crippen molar-refractivity contribution in [2.24, 2.45) is 5.73 Å². The molecular formula is C21H24N2O5. The fourth-order valence-electron chi connectivity index (χ4n) is 2.64. The minimum Gasteiger partial charge on any atom is -0.480 e. The van der Waals surface area contributed by atoms with Gasteiger partial charge in [-0.3, -0.25) is 9.69 Å². The predicted octanol–water partition coefficient (Wildman–Crippen LogP) is 3.22. The molecule has 0 unspecified atom stereocenters. The lowest BCUT2D eigenvalue weighted by molar-refractivity contribution is -0.138. The van der Waals surface area contributed by atoms with Crippen molar-refractivity contribution in [2.75, 3.05) is 4.90 Å². The summed E-state index contributed by atoms with van der Waals surface area (Å²) in [5.74, 6) is -1.79. The minimum atomic E-state index is -1.20. The number of aliphatic carboxylic acids is 1. The summed E-state index contributed by atoms with van der Waals surface area (Å²) in [4.78, 5) is 37.3. The molecule has 2 amide bonds. The van der Waals surface area contributed by atoms with Crippen molar-refractivity contribution in [3.05, 3.63) is 65.7 Å². The standard InChI is InChI=1S/C21H24N2O5/c1-21(2,3)28-20(27)23(16-11-9-15(10-12-16)18(22)24)17(19(25)26)13-14-7-5-4-6-8-14/h4-12,17H,13H2,1-3H3,(H2,22,24)(H,25,26)/t17-/m0/s1. The molecule has 7 nitrogen and oxygen atoms in total. The van der Waals surface area contributed by atoms with E-state index in [0.717, 1.165) is 10.5 Å². The summed E-state index contributed by atoms with van der Waals surface area (Å²) in [6.45, 7) is 5.10. The summed E-state index contributed by atoms with van der Waals surface area (Å²) in [5.41, 5.74) is 5.76. The molecule has 2 rings (SSSR count). The van der Waals surface area contributed by atoms with Crippen LogP contribution in [0.25, 0.3) is 0 Å². The highest BCUT2D eigenvalue weighted by Gasteiger charge is 2.34. The van der Waals surface area contributed by atoms with Gasteiger partial charge in [-0.05, 0) is 50.6 Å². The van der Waals surface area contributed by atoms with Crippen LogP contribution in [0.15, 0.2) is 54.6 Å². The molecule has 0 saturated carbocycles. The van der Waals surface area contributed by atoms with Crippen LogP contribution in [0.2, 0.25) is 0 Å². The molecule has 0 aliphatic carbocycles. The van der Waals surface area contributed by atoms with E-state index in [2.05, 4.69) is 0 Å². The Kier molecular flexibility index (Phi) is 6.41. The maximum absolute atomic E-state index is 12.9. The van der Waals surface area contributed by atoms with Crippen LogP contribution in [0.3, 0.4) is 0 Å². The van der Waals surface area contributed by atoms with Gasteiger partial charge in [0, 0.05) is 17.7 Å². The van der Waals surface area contributed by atoms with E-state index in [4.69, 9.17) is 10.5 Å². The van der Waals surface area contributed by atoms with Crippen molar-refractivity contribution in [3.63, 3.8) is 0 Å². The third-order valence-electron chi connectivity index (χ3n) is 3.89. The Labute approximate surface area is 163 Å². The first-order valence-corrected chi connectivity index (χ1v) is 8.77. The van der Waals surface area contributed by atoms with Crippen LogP contribution in [0.5, 0.6) is 0 Å². The molecule has 0 spiro atoms. The maximum atomic E-state index is 12.9. The van der Waals surface area contributed by atoms with Crippen LogP contribution in [0.1, 0.15) is 36.7 Å². The van der Waals surface area contributed by atoms with E-state index < -0.39 is 29.6 Å². The fraction of sp³-hybridized carbons (Fsp3) is 0.286. The Hall–Kier alpha value is -3.35. The molecule has 2 aromatic rings. The fourth-order valence-corrected chi connectivity index (χ4v) is 2.64. The molecule has 0 aromatic heterocycles. The number of anilines is 1. The summed E-state index contributed by atoms with van der Waals surface area (Å²) in [6, 6.07) is 13.6. The van der Waals surface area contributed by atoms with Crippen LogP contribution in [-0.4, -0.2) is 34.7 Å². The first kappa shape index (κ1) is 21.0. The van der Waals surface area contributed by atoms with E-state index in [-0.39, 0.29) is 12.0 Å². The minimum absolute atomic E-state index is 0.0903. The zero-order valence-electron chi connectivity index (χ0n) is 16.1. The Bertz CT molecular complexity index is 841. The van der Waals surface area contributed by atoms with Gasteiger partial charge in [0.15, 0.2) is 0 Å². The molecule has 0 heterocycles. The average Bonchev–Trinajstić information content (AvgIpc) is 2.61. The smallest absolute Gasteiger partial charge is 0.415 e. The lowest BCUT2D eigenvalue weighted by atomic mass is 10.0. The molecule has 0 fully saturated rings. The zero-order valence-corrected chi connectivity index (χ0v) is 16.1. The Morgan fingerprint density at radius 3 is 2.07 bits per heavy atom. The number of nitrogens with two attached hydrogens (primary N) is 1. The van der Waals surface area contributed by atoms with Gasteiger partial charge in [0.1, 0.15) is 11.6 Å². The SMILES string of the molecule is CC(C)(C)OC(=O)N(c1ccc(C(N)=O)cc1)[C@@H](Cc1ccccc1)C(=O)O. The van der Waals surface area contributed by atoms with Gasteiger partial charge in [0.05, 0.1) is 0 Å². The van der Waals surface area contributed by atoms with E-state index in [9.17, 15) is 19.5 Å². The number of carboxylic acids is 1. The topological polar surface area (TPSA) is 110 Å². The second-order valence-electron chi connectivity index (χ2n) is 7.31. The first-order valence-electron chi connectivity index (χ1n) is 8.77. The number of primary amides is 1. The highest BCUT2D eigenvalue weighted by Crippen LogP contribution is 2.24. The van der Waals surface area contributed by atoms with Crippen molar-refractivity contribution in [2.45, 2.75) is 38.8 Å². The summed E-state index contributed by atoms with van der Waals surface area (Å²) < 4.78 is 5.43. The van der Waals surface area contributed by atoms with E-state index in [1.54, 1.807) is 45.0 Å². The molecule has 0 bridgehead atoms. The zero-order chi connectivity index (χ0) is 20.9. The maximum Gasteiger partial charge on any atom is 0.415 e. The molecule has 0 saturated heterocycles. The van der Waals surface area contributed by atoms with Gasteiger partial charge < -0.3 is 15.6 Å². The molecule has 3 N–H and O–H groups in total. The van der Waals surface area contributed by atoms with Crippen LogP contribution in [0, 0.1) is 0 Å². The lowest BCUT2D eigenvalue weighted by Gasteiger charge is -2.31. The van der Waals surface area contributed by atoms with E-state index in [0.29, 0.717) is 5.69 Å². The molecular weight excluding hydrogens is 360 g/mol. The normalized spacial score (nSPS) is 12.1. The van der Waals surface area contributed by atoms with Crippen LogP contribution in [0.4, 0.5) is 10.5 Å². The van der Waals surface area contributed by atoms with E-state index in [1.165, 1.54) is 24.3 Å². The van der Waals surface area contributed by atoms with Crippen molar-refractivity contribution in [1.82, 2.24) is 0 Å². The number of carbonyl (C=O) groups excluding carboxylic acids is 2. The third-order valence-corrected chi connectivity index (χ3v) is 3.89. The molecule has 1 atom stereocenters. The number of hydrogen-bond donors (Lipinski definition) is 2. The Balaban J connectivity index is 2.46. The lowest BCUT2D eigenvalue weighted by Crippen LogP contribution is -2.48. The highest BCUT2D eigenvalue weighted by atomic mass is 16.6. The van der Waals surface area contributed by atoms with E-state index >= 15 is 0 Å².